The summed E-state index contributed by atoms with van der Waals surface area (Å²) < 4.78 is 5.49. The molecule has 2 heteroatoms. The molecule has 1 aliphatic carbocycles. The van der Waals surface area contributed by atoms with Gasteiger partial charge in [-0.25, -0.2) is 0 Å². The van der Waals surface area contributed by atoms with Crippen LogP contribution in [0.2, 0.25) is 0 Å². The van der Waals surface area contributed by atoms with Crippen molar-refractivity contribution in [3.05, 3.63) is 101 Å². The first-order valence-electron chi connectivity index (χ1n) is 11.2. The molecule has 0 aromatic heterocycles. The van der Waals surface area contributed by atoms with Crippen LogP contribution in [0.3, 0.4) is 0 Å². The van der Waals surface area contributed by atoms with Crippen LogP contribution in [-0.2, 0) is 12.0 Å². The molecule has 2 nitrogen and oxygen atoms in total. The van der Waals surface area contributed by atoms with E-state index in [1.54, 1.807) is 7.11 Å². The first-order valence-corrected chi connectivity index (χ1v) is 11.2. The van der Waals surface area contributed by atoms with Gasteiger partial charge in [-0.15, -0.1) is 0 Å². The number of methoxy groups -OCH3 is 1. The van der Waals surface area contributed by atoms with E-state index in [1.165, 1.54) is 44.5 Å². The van der Waals surface area contributed by atoms with E-state index in [4.69, 9.17) is 10.5 Å². The van der Waals surface area contributed by atoms with Crippen LogP contribution in [0.25, 0.3) is 33.4 Å². The Labute approximate surface area is 190 Å². The number of hydrogen-bond acceptors (Lipinski definition) is 2. The normalized spacial score (nSPS) is 13.5. The van der Waals surface area contributed by atoms with Crippen molar-refractivity contribution in [1.82, 2.24) is 0 Å². The fourth-order valence-electron chi connectivity index (χ4n) is 5.41. The zero-order chi connectivity index (χ0) is 22.5. The van der Waals surface area contributed by atoms with Gasteiger partial charge in [0.2, 0.25) is 0 Å². The quantitative estimate of drug-likeness (QED) is 0.383. The van der Waals surface area contributed by atoms with Gasteiger partial charge in [0.25, 0.3) is 0 Å². The van der Waals surface area contributed by atoms with Crippen molar-refractivity contribution < 1.29 is 4.74 Å². The summed E-state index contributed by atoms with van der Waals surface area (Å²) in [7, 11) is 1.70. The van der Waals surface area contributed by atoms with Crippen LogP contribution in [0.4, 0.5) is 0 Å². The number of rotatable bonds is 4. The van der Waals surface area contributed by atoms with Gasteiger partial charge in [-0.2, -0.15) is 0 Å². The van der Waals surface area contributed by atoms with E-state index in [0.717, 1.165) is 16.9 Å². The first-order chi connectivity index (χ1) is 15.5. The lowest BCUT2D eigenvalue weighted by Crippen LogP contribution is -2.16. The van der Waals surface area contributed by atoms with Gasteiger partial charge < -0.3 is 10.5 Å². The Morgan fingerprint density at radius 3 is 2.03 bits per heavy atom. The predicted molar refractivity (Wildman–Crippen MR) is 134 cm³/mol. The van der Waals surface area contributed by atoms with Crippen molar-refractivity contribution >= 4 is 0 Å². The number of ether oxygens (including phenoxy) is 1. The van der Waals surface area contributed by atoms with Crippen LogP contribution in [0.1, 0.15) is 36.1 Å². The van der Waals surface area contributed by atoms with Gasteiger partial charge in [0.15, 0.2) is 0 Å². The Morgan fingerprint density at radius 2 is 1.34 bits per heavy atom. The highest BCUT2D eigenvalue weighted by atomic mass is 16.5. The molecule has 0 saturated heterocycles. The largest absolute Gasteiger partial charge is 0.496 e. The molecular weight excluding hydrogens is 390 g/mol. The number of hydrogen-bond donors (Lipinski definition) is 1. The summed E-state index contributed by atoms with van der Waals surface area (Å²) in [5.74, 6) is 0.882. The standard InChI is InChI=1S/C30H29NO/c1-19-26(18-31)22(16-17-28(19)32-4)20-12-14-21(15-13-20)23-9-7-10-25-24-8-5-6-11-27(24)30(2,3)29(23)25/h5-17H,18,31H2,1-4H3. The number of benzene rings is 4. The second kappa shape index (κ2) is 7.65. The van der Waals surface area contributed by atoms with E-state index in [0.29, 0.717) is 6.54 Å². The minimum absolute atomic E-state index is 0.0268. The van der Waals surface area contributed by atoms with E-state index < -0.39 is 0 Å². The van der Waals surface area contributed by atoms with Crippen LogP contribution in [-0.4, -0.2) is 7.11 Å². The molecule has 4 aromatic rings. The molecule has 2 N–H and O–H groups in total. The van der Waals surface area contributed by atoms with Crippen LogP contribution in [0.5, 0.6) is 5.75 Å². The third-order valence-electron chi connectivity index (χ3n) is 7.06. The molecule has 32 heavy (non-hydrogen) atoms. The molecule has 0 fully saturated rings. The van der Waals surface area contributed by atoms with Crippen LogP contribution in [0.15, 0.2) is 78.9 Å². The summed E-state index contributed by atoms with van der Waals surface area (Å²) in [4.78, 5) is 0. The Hall–Kier alpha value is -3.36. The smallest absolute Gasteiger partial charge is 0.122 e. The Kier molecular flexibility index (Phi) is 4.91. The molecule has 0 aliphatic heterocycles. The van der Waals surface area contributed by atoms with Gasteiger partial charge in [-0.3, -0.25) is 0 Å². The monoisotopic (exact) mass is 419 g/mol. The summed E-state index contributed by atoms with van der Waals surface area (Å²) in [5.41, 5.74) is 18.7. The van der Waals surface area contributed by atoms with E-state index in [-0.39, 0.29) is 5.41 Å². The Balaban J connectivity index is 1.60. The maximum Gasteiger partial charge on any atom is 0.122 e. The lowest BCUT2D eigenvalue weighted by molar-refractivity contribution is 0.411. The molecule has 160 valence electrons. The minimum atomic E-state index is -0.0268. The topological polar surface area (TPSA) is 35.2 Å². The zero-order valence-corrected chi connectivity index (χ0v) is 19.2. The van der Waals surface area contributed by atoms with E-state index in [2.05, 4.69) is 93.6 Å². The van der Waals surface area contributed by atoms with Gasteiger partial charge in [-0.1, -0.05) is 86.6 Å². The molecule has 0 heterocycles. The van der Waals surface area contributed by atoms with Crippen molar-refractivity contribution in [2.45, 2.75) is 32.7 Å². The van der Waals surface area contributed by atoms with Crippen molar-refractivity contribution in [2.75, 3.05) is 7.11 Å². The molecule has 5 rings (SSSR count). The van der Waals surface area contributed by atoms with E-state index >= 15 is 0 Å². The van der Waals surface area contributed by atoms with Crippen molar-refractivity contribution in [3.63, 3.8) is 0 Å². The van der Waals surface area contributed by atoms with Gasteiger partial charge in [0.1, 0.15) is 5.75 Å². The van der Waals surface area contributed by atoms with Gasteiger partial charge >= 0.3 is 0 Å². The van der Waals surface area contributed by atoms with Crippen LogP contribution >= 0.6 is 0 Å². The van der Waals surface area contributed by atoms with Crippen molar-refractivity contribution in [2.24, 2.45) is 5.73 Å². The van der Waals surface area contributed by atoms with Crippen molar-refractivity contribution in [3.8, 4) is 39.1 Å². The van der Waals surface area contributed by atoms with E-state index in [9.17, 15) is 0 Å². The average molecular weight is 420 g/mol. The first kappa shape index (κ1) is 20.5. The highest BCUT2D eigenvalue weighted by Gasteiger charge is 2.37. The van der Waals surface area contributed by atoms with Crippen molar-refractivity contribution in [1.29, 1.82) is 0 Å². The third-order valence-corrected chi connectivity index (χ3v) is 7.06. The third kappa shape index (κ3) is 2.98. The fourth-order valence-corrected chi connectivity index (χ4v) is 5.41. The van der Waals surface area contributed by atoms with Gasteiger partial charge in [-0.05, 0) is 68.6 Å². The molecular formula is C30H29NO. The van der Waals surface area contributed by atoms with Crippen LogP contribution < -0.4 is 10.5 Å². The molecule has 0 bridgehead atoms. The number of fused-ring (bicyclic) bond motifs is 3. The molecule has 0 saturated carbocycles. The lowest BCUT2D eigenvalue weighted by Gasteiger charge is -2.24. The second-order valence-corrected chi connectivity index (χ2v) is 9.10. The van der Waals surface area contributed by atoms with E-state index in [1.807, 2.05) is 6.07 Å². The lowest BCUT2D eigenvalue weighted by atomic mass is 9.79. The SMILES string of the molecule is COc1ccc(-c2ccc(-c3cccc4c3C(C)(C)c3ccccc3-4)cc2)c(CN)c1C. The highest BCUT2D eigenvalue weighted by molar-refractivity contribution is 5.88. The maximum absolute atomic E-state index is 6.11. The summed E-state index contributed by atoms with van der Waals surface area (Å²) >= 11 is 0. The summed E-state index contributed by atoms with van der Waals surface area (Å²) in [6.45, 7) is 7.23. The van der Waals surface area contributed by atoms with Crippen LogP contribution in [0, 0.1) is 6.92 Å². The molecule has 4 aromatic carbocycles. The molecule has 1 aliphatic rings. The zero-order valence-electron chi connectivity index (χ0n) is 19.2. The molecule has 0 amide bonds. The van der Waals surface area contributed by atoms with Gasteiger partial charge in [0.05, 0.1) is 7.11 Å². The molecule has 0 radical (unpaired) electrons. The highest BCUT2D eigenvalue weighted by Crippen LogP contribution is 2.52. The Morgan fingerprint density at radius 1 is 0.719 bits per heavy atom. The average Bonchev–Trinajstić information content (AvgIpc) is 3.06. The Bertz CT molecular complexity index is 1320. The van der Waals surface area contributed by atoms with Gasteiger partial charge in [0, 0.05) is 12.0 Å². The minimum Gasteiger partial charge on any atom is -0.496 e. The fraction of sp³-hybridized carbons (Fsp3) is 0.200. The molecule has 0 unspecified atom stereocenters. The molecule has 0 spiro atoms. The summed E-state index contributed by atoms with van der Waals surface area (Å²) in [6, 6.07) is 28.5. The molecule has 0 atom stereocenters. The predicted octanol–water partition coefficient (Wildman–Crippen LogP) is 7.10. The second-order valence-electron chi connectivity index (χ2n) is 9.10. The summed E-state index contributed by atoms with van der Waals surface area (Å²) in [6.07, 6.45) is 0. The summed E-state index contributed by atoms with van der Waals surface area (Å²) in [5, 5.41) is 0. The number of nitrogens with two attached hydrogens (primary N) is 1. The maximum atomic E-state index is 6.11.